The smallest absolute Gasteiger partial charge is 0.0540 e. The Morgan fingerprint density at radius 2 is 0.574 bits per heavy atom. The maximum atomic E-state index is 2.38. The van der Waals surface area contributed by atoms with E-state index in [4.69, 9.17) is 0 Å². The van der Waals surface area contributed by atoms with Crippen LogP contribution in [0.2, 0.25) is 0 Å². The maximum Gasteiger partial charge on any atom is 0.0540 e. The van der Waals surface area contributed by atoms with Gasteiger partial charge in [0.15, 0.2) is 0 Å². The molecular formula is C52H42N2. The molecule has 0 saturated carbocycles. The van der Waals surface area contributed by atoms with Crippen LogP contribution in [0.15, 0.2) is 194 Å². The molecule has 0 heterocycles. The summed E-state index contributed by atoms with van der Waals surface area (Å²) in [6.07, 6.45) is 8.66. The Bertz CT molecular complexity index is 2330. The van der Waals surface area contributed by atoms with Crippen molar-refractivity contribution >= 4 is 69.2 Å². The van der Waals surface area contributed by atoms with E-state index in [1.807, 2.05) is 12.1 Å². The average molecular weight is 695 g/mol. The number of anilines is 6. The first-order valence-electron chi connectivity index (χ1n) is 18.5. The SMILES string of the molecule is Cc1ccc(N(c2ccc(/C=C/c3ccccc3)cc2)c2cccc3c(N(c4ccc(C)cc4)c4ccc(/C=C/c5ccccc5)cc4)cccc23)cc1. The summed E-state index contributed by atoms with van der Waals surface area (Å²) in [5.41, 5.74) is 13.8. The number of hydrogen-bond acceptors (Lipinski definition) is 2. The van der Waals surface area contributed by atoms with E-state index in [0.29, 0.717) is 0 Å². The number of benzene rings is 8. The van der Waals surface area contributed by atoms with Gasteiger partial charge in [0.1, 0.15) is 0 Å². The summed E-state index contributed by atoms with van der Waals surface area (Å²) in [5, 5.41) is 2.34. The van der Waals surface area contributed by atoms with E-state index in [1.54, 1.807) is 0 Å². The summed E-state index contributed by atoms with van der Waals surface area (Å²) in [4.78, 5) is 4.75. The van der Waals surface area contributed by atoms with E-state index in [0.717, 1.165) is 45.3 Å². The normalized spacial score (nSPS) is 11.4. The van der Waals surface area contributed by atoms with Crippen molar-refractivity contribution in [3.8, 4) is 0 Å². The van der Waals surface area contributed by atoms with Gasteiger partial charge in [-0.25, -0.2) is 0 Å². The number of hydrogen-bond donors (Lipinski definition) is 0. The fraction of sp³-hybridized carbons (Fsp3) is 0.0385. The minimum atomic E-state index is 1.10. The van der Waals surface area contributed by atoms with Crippen molar-refractivity contribution < 1.29 is 0 Å². The molecule has 8 rings (SSSR count). The predicted molar refractivity (Wildman–Crippen MR) is 234 cm³/mol. The van der Waals surface area contributed by atoms with Crippen molar-refractivity contribution in [2.45, 2.75) is 13.8 Å². The lowest BCUT2D eigenvalue weighted by Gasteiger charge is -2.30. The Morgan fingerprint density at radius 1 is 0.278 bits per heavy atom. The number of aryl methyl sites for hydroxylation is 2. The van der Waals surface area contributed by atoms with Gasteiger partial charge in [0.05, 0.1) is 11.4 Å². The van der Waals surface area contributed by atoms with Crippen molar-refractivity contribution in [3.63, 3.8) is 0 Å². The lowest BCUT2D eigenvalue weighted by molar-refractivity contribution is 1.27. The summed E-state index contributed by atoms with van der Waals surface area (Å²) in [6.45, 7) is 4.27. The average Bonchev–Trinajstić information content (AvgIpc) is 3.23. The van der Waals surface area contributed by atoms with Crippen molar-refractivity contribution in [2.24, 2.45) is 0 Å². The Morgan fingerprint density at radius 3 is 0.907 bits per heavy atom. The van der Waals surface area contributed by atoms with Crippen molar-refractivity contribution in [3.05, 3.63) is 228 Å². The van der Waals surface area contributed by atoms with Gasteiger partial charge in [-0.1, -0.05) is 169 Å². The zero-order chi connectivity index (χ0) is 36.7. The molecule has 0 saturated heterocycles. The highest BCUT2D eigenvalue weighted by Gasteiger charge is 2.20. The first kappa shape index (κ1) is 34.2. The monoisotopic (exact) mass is 694 g/mol. The number of fused-ring (bicyclic) bond motifs is 1. The second-order valence-electron chi connectivity index (χ2n) is 13.7. The van der Waals surface area contributed by atoms with Crippen molar-refractivity contribution in [2.75, 3.05) is 9.80 Å². The minimum Gasteiger partial charge on any atom is -0.310 e. The lowest BCUT2D eigenvalue weighted by Crippen LogP contribution is -2.12. The topological polar surface area (TPSA) is 6.48 Å². The molecule has 0 aliphatic heterocycles. The second-order valence-corrected chi connectivity index (χ2v) is 13.7. The standard InChI is InChI=1S/C52H42N2/c1-39-19-31-45(32-20-39)53(47-35-27-43(28-36-47)25-23-41-11-5-3-6-12-41)51-17-9-16-50-49(51)15-10-18-52(50)54(46-33-21-40(2)22-34-46)48-37-29-44(30-38-48)26-24-42-13-7-4-8-14-42/h3-38H,1-2H3/b25-23+,26-24+. The van der Waals surface area contributed by atoms with E-state index < -0.39 is 0 Å². The van der Waals surface area contributed by atoms with Crippen LogP contribution in [-0.4, -0.2) is 0 Å². The Balaban J connectivity index is 1.21. The molecule has 0 radical (unpaired) electrons. The molecule has 0 aliphatic rings. The van der Waals surface area contributed by atoms with Gasteiger partial charge in [-0.2, -0.15) is 0 Å². The van der Waals surface area contributed by atoms with Gasteiger partial charge in [0.2, 0.25) is 0 Å². The molecule has 54 heavy (non-hydrogen) atoms. The highest BCUT2D eigenvalue weighted by molar-refractivity contribution is 6.06. The highest BCUT2D eigenvalue weighted by Crippen LogP contribution is 2.44. The molecule has 0 amide bonds. The molecule has 0 spiro atoms. The first-order chi connectivity index (χ1) is 26.6. The van der Waals surface area contributed by atoms with Crippen molar-refractivity contribution in [1.29, 1.82) is 0 Å². The second kappa shape index (κ2) is 15.8. The molecular weight excluding hydrogens is 653 g/mol. The fourth-order valence-electron chi connectivity index (χ4n) is 6.89. The summed E-state index contributed by atoms with van der Waals surface area (Å²) >= 11 is 0. The molecule has 2 heteroatoms. The molecule has 2 nitrogen and oxygen atoms in total. The van der Waals surface area contributed by atoms with Gasteiger partial charge in [0.25, 0.3) is 0 Å². The molecule has 0 N–H and O–H groups in total. The van der Waals surface area contributed by atoms with E-state index >= 15 is 0 Å². The summed E-state index contributed by atoms with van der Waals surface area (Å²) in [5.74, 6) is 0. The zero-order valence-electron chi connectivity index (χ0n) is 30.7. The van der Waals surface area contributed by atoms with E-state index in [9.17, 15) is 0 Å². The molecule has 8 aromatic rings. The molecule has 0 fully saturated rings. The van der Waals surface area contributed by atoms with Crippen LogP contribution in [0, 0.1) is 13.8 Å². The summed E-state index contributed by atoms with van der Waals surface area (Å²) < 4.78 is 0. The van der Waals surface area contributed by atoms with Crippen molar-refractivity contribution in [1.82, 2.24) is 0 Å². The zero-order valence-corrected chi connectivity index (χ0v) is 30.7. The van der Waals surface area contributed by atoms with Crippen LogP contribution >= 0.6 is 0 Å². The van der Waals surface area contributed by atoms with Crippen LogP contribution in [0.3, 0.4) is 0 Å². The molecule has 0 atom stereocenters. The van der Waals surface area contributed by atoms with Gasteiger partial charge in [-0.3, -0.25) is 0 Å². The van der Waals surface area contributed by atoms with Crippen LogP contribution in [0.5, 0.6) is 0 Å². The van der Waals surface area contributed by atoms with Crippen LogP contribution < -0.4 is 9.80 Å². The van der Waals surface area contributed by atoms with Gasteiger partial charge >= 0.3 is 0 Å². The van der Waals surface area contributed by atoms with Crippen LogP contribution in [-0.2, 0) is 0 Å². The molecule has 0 unspecified atom stereocenters. The Hall–Kier alpha value is -6.90. The van der Waals surface area contributed by atoms with E-state index in [1.165, 1.54) is 33.0 Å². The molecule has 0 aromatic heterocycles. The van der Waals surface area contributed by atoms with Crippen LogP contribution in [0.25, 0.3) is 35.1 Å². The molecule has 8 aromatic carbocycles. The lowest BCUT2D eigenvalue weighted by atomic mass is 10.0. The Labute approximate surface area is 319 Å². The largest absolute Gasteiger partial charge is 0.310 e. The quantitative estimate of drug-likeness (QED) is 0.132. The maximum absolute atomic E-state index is 2.38. The number of rotatable bonds is 10. The third kappa shape index (κ3) is 7.65. The molecule has 0 bridgehead atoms. The van der Waals surface area contributed by atoms with Crippen LogP contribution in [0.4, 0.5) is 34.1 Å². The minimum absolute atomic E-state index is 1.10. The first-order valence-corrected chi connectivity index (χ1v) is 18.5. The van der Waals surface area contributed by atoms with E-state index in [2.05, 4.69) is 230 Å². The van der Waals surface area contributed by atoms with E-state index in [-0.39, 0.29) is 0 Å². The van der Waals surface area contributed by atoms with Gasteiger partial charge in [-0.05, 0) is 96.8 Å². The summed E-state index contributed by atoms with van der Waals surface area (Å²) in [7, 11) is 0. The summed E-state index contributed by atoms with van der Waals surface area (Å²) in [6, 6.07) is 69.5. The van der Waals surface area contributed by atoms with Gasteiger partial charge < -0.3 is 9.80 Å². The number of nitrogens with zero attached hydrogens (tertiary/aromatic N) is 2. The van der Waals surface area contributed by atoms with Gasteiger partial charge in [-0.15, -0.1) is 0 Å². The Kier molecular flexibility index (Phi) is 9.99. The van der Waals surface area contributed by atoms with Crippen LogP contribution in [0.1, 0.15) is 33.4 Å². The highest BCUT2D eigenvalue weighted by atomic mass is 15.2. The third-order valence-corrected chi connectivity index (χ3v) is 9.78. The van der Waals surface area contributed by atoms with Gasteiger partial charge in [0, 0.05) is 33.5 Å². The fourth-order valence-corrected chi connectivity index (χ4v) is 6.89. The predicted octanol–water partition coefficient (Wildman–Crippen LogP) is 14.7. The molecule has 0 aliphatic carbocycles. The molecule has 260 valence electrons. The third-order valence-electron chi connectivity index (χ3n) is 9.78.